The summed E-state index contributed by atoms with van der Waals surface area (Å²) in [6, 6.07) is 11.3. The van der Waals surface area contributed by atoms with Crippen LogP contribution in [0.5, 0.6) is 0 Å². The first-order chi connectivity index (χ1) is 14.5. The van der Waals surface area contributed by atoms with E-state index in [0.717, 1.165) is 54.5 Å². The zero-order chi connectivity index (χ0) is 21.7. The van der Waals surface area contributed by atoms with E-state index in [1.165, 1.54) is 16.7 Å². The first-order valence-corrected chi connectivity index (χ1v) is 11.6. The lowest BCUT2D eigenvalue weighted by Gasteiger charge is -2.35. The number of likely N-dealkylation sites (tertiary alicyclic amines) is 1. The Labute approximate surface area is 182 Å². The van der Waals surface area contributed by atoms with Crippen molar-refractivity contribution in [1.82, 2.24) is 4.90 Å². The Kier molecular flexibility index (Phi) is 7.64. The number of benzene rings is 2. The average Bonchev–Trinajstić information content (AvgIpc) is 2.77. The lowest BCUT2D eigenvalue weighted by atomic mass is 9.89. The van der Waals surface area contributed by atoms with Crippen LogP contribution in [0.15, 0.2) is 61.7 Å². The summed E-state index contributed by atoms with van der Waals surface area (Å²) in [5, 5.41) is 1.16. The van der Waals surface area contributed by atoms with Crippen molar-refractivity contribution in [1.29, 1.82) is 0 Å². The molecule has 3 rings (SSSR count). The maximum atomic E-state index is 13.1. The normalized spacial score (nSPS) is 15.7. The maximum Gasteiger partial charge on any atom is 0.123 e. The molecule has 2 N–H and O–H groups in total. The van der Waals surface area contributed by atoms with E-state index >= 15 is 0 Å². The third kappa shape index (κ3) is 5.09. The van der Waals surface area contributed by atoms with Crippen LogP contribution in [0.1, 0.15) is 42.0 Å². The van der Waals surface area contributed by atoms with Gasteiger partial charge in [-0.2, -0.15) is 0 Å². The van der Waals surface area contributed by atoms with Crippen molar-refractivity contribution in [2.45, 2.75) is 33.1 Å². The van der Waals surface area contributed by atoms with Gasteiger partial charge in [-0.05, 0) is 99.6 Å². The molecule has 158 valence electrons. The van der Waals surface area contributed by atoms with Crippen LogP contribution >= 0.6 is 8.73 Å². The Morgan fingerprint density at radius 3 is 2.43 bits per heavy atom. The molecule has 30 heavy (non-hydrogen) atoms. The number of nitrogens with two attached hydrogens (primary N) is 1. The molecular weight excluding hydrogens is 390 g/mol. The third-order valence-corrected chi connectivity index (χ3v) is 6.83. The van der Waals surface area contributed by atoms with Crippen molar-refractivity contribution < 1.29 is 4.39 Å². The van der Waals surface area contributed by atoms with Crippen molar-refractivity contribution in [2.75, 3.05) is 13.1 Å². The number of rotatable bonds is 7. The van der Waals surface area contributed by atoms with Gasteiger partial charge >= 0.3 is 0 Å². The van der Waals surface area contributed by atoms with Gasteiger partial charge in [0.1, 0.15) is 5.82 Å². The van der Waals surface area contributed by atoms with Gasteiger partial charge in [0.2, 0.25) is 0 Å². The first kappa shape index (κ1) is 22.5. The molecule has 0 amide bonds. The lowest BCUT2D eigenvalue weighted by Crippen LogP contribution is -2.34. The molecule has 1 aliphatic heterocycles. The highest BCUT2D eigenvalue weighted by molar-refractivity contribution is 7.44. The van der Waals surface area contributed by atoms with Gasteiger partial charge in [-0.25, -0.2) is 4.39 Å². The minimum atomic E-state index is -0.170. The van der Waals surface area contributed by atoms with E-state index in [9.17, 15) is 4.39 Å². The zero-order valence-electron chi connectivity index (χ0n) is 18.0. The molecule has 1 fully saturated rings. The SMILES string of the molecule is C=C/C(=C/C)c1cc(C(=C)N2CCC(Cc3ccc(F)cc3)CC2)c(PN)cc1C. The topological polar surface area (TPSA) is 29.3 Å². The highest BCUT2D eigenvalue weighted by atomic mass is 31.1. The molecule has 1 heterocycles. The van der Waals surface area contributed by atoms with Crippen LogP contribution in [-0.4, -0.2) is 18.0 Å². The van der Waals surface area contributed by atoms with Crippen molar-refractivity contribution in [3.8, 4) is 0 Å². The van der Waals surface area contributed by atoms with Crippen molar-refractivity contribution in [3.05, 3.63) is 89.8 Å². The fourth-order valence-electron chi connectivity index (χ4n) is 4.29. The molecule has 2 aromatic carbocycles. The predicted molar refractivity (Wildman–Crippen MR) is 131 cm³/mol. The van der Waals surface area contributed by atoms with Gasteiger partial charge in [0.25, 0.3) is 0 Å². The zero-order valence-corrected chi connectivity index (χ0v) is 19.0. The fourth-order valence-corrected chi connectivity index (χ4v) is 4.96. The second kappa shape index (κ2) is 10.2. The van der Waals surface area contributed by atoms with Gasteiger partial charge < -0.3 is 10.4 Å². The number of nitrogens with zero attached hydrogens (tertiary/aromatic N) is 1. The quantitative estimate of drug-likeness (QED) is 0.450. The van der Waals surface area contributed by atoms with Crippen LogP contribution in [-0.2, 0) is 6.42 Å². The number of halogens is 1. The Hall–Kier alpha value is -2.22. The number of piperidine rings is 1. The number of hydrogen-bond acceptors (Lipinski definition) is 2. The van der Waals surface area contributed by atoms with Gasteiger partial charge in [0.05, 0.1) is 0 Å². The largest absolute Gasteiger partial charge is 0.371 e. The highest BCUT2D eigenvalue weighted by Gasteiger charge is 2.22. The molecule has 1 aliphatic rings. The summed E-state index contributed by atoms with van der Waals surface area (Å²) in [6.45, 7) is 14.5. The molecule has 1 saturated heterocycles. The molecule has 4 heteroatoms. The maximum absolute atomic E-state index is 13.1. The minimum absolute atomic E-state index is 0.170. The van der Waals surface area contributed by atoms with Gasteiger partial charge in [0.15, 0.2) is 0 Å². The van der Waals surface area contributed by atoms with E-state index in [1.807, 2.05) is 25.1 Å². The van der Waals surface area contributed by atoms with Crippen molar-refractivity contribution >= 4 is 25.3 Å². The van der Waals surface area contributed by atoms with E-state index in [1.54, 1.807) is 12.1 Å². The summed E-state index contributed by atoms with van der Waals surface area (Å²) < 4.78 is 13.1. The summed E-state index contributed by atoms with van der Waals surface area (Å²) in [4.78, 5) is 2.39. The Morgan fingerprint density at radius 2 is 1.87 bits per heavy atom. The summed E-state index contributed by atoms with van der Waals surface area (Å²) in [5.74, 6) is 0.454. The van der Waals surface area contributed by atoms with E-state index in [4.69, 9.17) is 5.50 Å². The Morgan fingerprint density at radius 1 is 1.20 bits per heavy atom. The molecule has 2 nitrogen and oxygen atoms in total. The molecule has 0 radical (unpaired) electrons. The second-order valence-corrected chi connectivity index (χ2v) is 8.84. The summed E-state index contributed by atoms with van der Waals surface area (Å²) in [5.41, 5.74) is 13.1. The van der Waals surface area contributed by atoms with Gasteiger partial charge in [-0.1, -0.05) is 37.4 Å². The molecule has 0 bridgehead atoms. The molecular formula is C26H32FN2P. The van der Waals surface area contributed by atoms with E-state index < -0.39 is 0 Å². The van der Waals surface area contributed by atoms with Gasteiger partial charge in [-0.3, -0.25) is 0 Å². The van der Waals surface area contributed by atoms with Crippen LogP contribution in [0.2, 0.25) is 0 Å². The number of aryl methyl sites for hydroxylation is 1. The van der Waals surface area contributed by atoms with Crippen LogP contribution in [0.4, 0.5) is 4.39 Å². The Balaban J connectivity index is 1.73. The van der Waals surface area contributed by atoms with E-state index in [-0.39, 0.29) is 14.5 Å². The van der Waals surface area contributed by atoms with Crippen LogP contribution in [0, 0.1) is 18.7 Å². The fraction of sp³-hybridized carbons (Fsp3) is 0.308. The van der Waals surface area contributed by atoms with Gasteiger partial charge in [0, 0.05) is 24.4 Å². The molecule has 0 aliphatic carbocycles. The third-order valence-electron chi connectivity index (χ3n) is 6.11. The molecule has 0 aromatic heterocycles. The molecule has 2 aromatic rings. The average molecular weight is 423 g/mol. The van der Waals surface area contributed by atoms with Crippen molar-refractivity contribution in [3.63, 3.8) is 0 Å². The molecule has 1 atom stereocenters. The molecule has 0 saturated carbocycles. The van der Waals surface area contributed by atoms with Gasteiger partial charge in [-0.15, -0.1) is 0 Å². The molecule has 0 spiro atoms. The second-order valence-electron chi connectivity index (χ2n) is 8.01. The smallest absolute Gasteiger partial charge is 0.123 e. The predicted octanol–water partition coefficient (Wildman–Crippen LogP) is 5.83. The highest BCUT2D eigenvalue weighted by Crippen LogP contribution is 2.30. The minimum Gasteiger partial charge on any atom is -0.371 e. The van der Waals surface area contributed by atoms with E-state index in [0.29, 0.717) is 5.92 Å². The first-order valence-electron chi connectivity index (χ1n) is 10.6. The van der Waals surface area contributed by atoms with Crippen molar-refractivity contribution in [2.24, 2.45) is 11.4 Å². The summed E-state index contributed by atoms with van der Waals surface area (Å²) in [7, 11) is 0.235. The Bertz CT molecular complexity index is 938. The number of allylic oxidation sites excluding steroid dienone is 3. The monoisotopic (exact) mass is 422 g/mol. The lowest BCUT2D eigenvalue weighted by molar-refractivity contribution is 0.254. The summed E-state index contributed by atoms with van der Waals surface area (Å²) >= 11 is 0. The van der Waals surface area contributed by atoms with Crippen LogP contribution < -0.4 is 10.8 Å². The number of hydrogen-bond donors (Lipinski definition) is 1. The standard InChI is InChI=1S/C26H32FN2P/c1-5-22(6-2)24-17-25(26(30-28)15-18(24)3)19(4)29-13-11-21(12-14-29)16-20-7-9-23(27)10-8-20/h5-10,15,17,21,30H,1,4,11-14,16,28H2,2-3H3/b22-6-. The van der Waals surface area contributed by atoms with Crippen LogP contribution in [0.3, 0.4) is 0 Å². The summed E-state index contributed by atoms with van der Waals surface area (Å²) in [6.07, 6.45) is 7.23. The molecule has 1 unspecified atom stereocenters. The van der Waals surface area contributed by atoms with Crippen LogP contribution in [0.25, 0.3) is 11.3 Å². The van der Waals surface area contributed by atoms with E-state index in [2.05, 4.69) is 43.2 Å².